The maximum absolute atomic E-state index is 12.7. The highest BCUT2D eigenvalue weighted by atomic mass is 19.4. The molecule has 18 heavy (non-hydrogen) atoms. The molecule has 2 rings (SSSR count). The lowest BCUT2D eigenvalue weighted by Gasteiger charge is -2.11. The number of alkyl halides is 3. The molecule has 3 nitrogen and oxygen atoms in total. The maximum Gasteiger partial charge on any atom is 0.416 e. The van der Waals surface area contributed by atoms with Crippen LogP contribution < -0.4 is 5.56 Å². The number of rotatable bonds is 1. The molecule has 0 aliphatic rings. The summed E-state index contributed by atoms with van der Waals surface area (Å²) in [5.74, 6) is 0.379. The molecular weight excluding hydrogens is 245 g/mol. The van der Waals surface area contributed by atoms with Gasteiger partial charge in [-0.3, -0.25) is 4.79 Å². The van der Waals surface area contributed by atoms with Gasteiger partial charge in [-0.25, -0.2) is 4.98 Å². The molecule has 0 aliphatic carbocycles. The van der Waals surface area contributed by atoms with E-state index in [1.54, 1.807) is 6.92 Å². The summed E-state index contributed by atoms with van der Waals surface area (Å²) in [5.41, 5.74) is -1.07. The second-order valence-electron chi connectivity index (χ2n) is 4.05. The molecule has 1 heterocycles. The lowest BCUT2D eigenvalue weighted by Crippen LogP contribution is -2.14. The quantitative estimate of drug-likeness (QED) is 0.852. The first-order valence-electron chi connectivity index (χ1n) is 5.43. The number of nitrogens with zero attached hydrogens (tertiary/aromatic N) is 1. The van der Waals surface area contributed by atoms with Crippen LogP contribution >= 0.6 is 0 Å². The Morgan fingerprint density at radius 2 is 2.00 bits per heavy atom. The lowest BCUT2D eigenvalue weighted by molar-refractivity contribution is -0.137. The van der Waals surface area contributed by atoms with Gasteiger partial charge in [0.05, 0.1) is 16.5 Å². The van der Waals surface area contributed by atoms with Gasteiger partial charge in [-0.2, -0.15) is 13.2 Å². The Labute approximate surface area is 101 Å². The Balaban J connectivity index is 2.81. The first kappa shape index (κ1) is 12.6. The summed E-state index contributed by atoms with van der Waals surface area (Å²) in [4.78, 5) is 18.2. The van der Waals surface area contributed by atoms with E-state index in [0.717, 1.165) is 6.07 Å². The Hall–Kier alpha value is -1.85. The summed E-state index contributed by atoms with van der Waals surface area (Å²) in [6.07, 6.45) is -3.98. The van der Waals surface area contributed by atoms with Gasteiger partial charge in [0, 0.05) is 6.42 Å². The van der Waals surface area contributed by atoms with Crippen LogP contribution in [0.5, 0.6) is 0 Å². The average Bonchev–Trinajstić information content (AvgIpc) is 2.27. The van der Waals surface area contributed by atoms with E-state index in [2.05, 4.69) is 9.97 Å². The predicted molar refractivity (Wildman–Crippen MR) is 61.5 cm³/mol. The SMILES string of the molecule is CCc1nc2cc(C(F)(F)F)c(C)cc2c(=O)[nH]1. The molecule has 2 aromatic rings. The number of halogens is 3. The standard InChI is InChI=1S/C12H11F3N2O/c1-3-10-16-9-5-8(12(13,14)15)6(2)4-7(9)11(18)17-10/h4-5H,3H2,1-2H3,(H,16,17,18). The van der Waals surface area contributed by atoms with Crippen LogP contribution in [0.25, 0.3) is 10.9 Å². The molecule has 6 heteroatoms. The van der Waals surface area contributed by atoms with Gasteiger partial charge in [0.25, 0.3) is 5.56 Å². The number of aromatic amines is 1. The van der Waals surface area contributed by atoms with Crippen molar-refractivity contribution in [3.8, 4) is 0 Å². The predicted octanol–water partition coefficient (Wildman–Crippen LogP) is 2.81. The molecule has 0 bridgehead atoms. The molecule has 0 fully saturated rings. The van der Waals surface area contributed by atoms with Crippen LogP contribution in [0.4, 0.5) is 13.2 Å². The molecule has 0 radical (unpaired) electrons. The van der Waals surface area contributed by atoms with E-state index in [4.69, 9.17) is 0 Å². The molecule has 0 unspecified atom stereocenters. The summed E-state index contributed by atoms with van der Waals surface area (Å²) in [6.45, 7) is 3.10. The largest absolute Gasteiger partial charge is 0.416 e. The Kier molecular flexibility index (Phi) is 2.88. The van der Waals surface area contributed by atoms with Crippen molar-refractivity contribution in [3.63, 3.8) is 0 Å². The highest BCUT2D eigenvalue weighted by Crippen LogP contribution is 2.33. The number of fused-ring (bicyclic) bond motifs is 1. The van der Waals surface area contributed by atoms with Crippen molar-refractivity contribution in [1.82, 2.24) is 9.97 Å². The summed E-state index contributed by atoms with van der Waals surface area (Å²) in [6, 6.07) is 2.16. The van der Waals surface area contributed by atoms with Crippen molar-refractivity contribution in [2.24, 2.45) is 0 Å². The van der Waals surface area contributed by atoms with Crippen LogP contribution in [0.1, 0.15) is 23.9 Å². The van der Waals surface area contributed by atoms with Gasteiger partial charge in [0.1, 0.15) is 5.82 Å². The van der Waals surface area contributed by atoms with E-state index < -0.39 is 17.3 Å². The van der Waals surface area contributed by atoms with E-state index in [0.29, 0.717) is 12.2 Å². The van der Waals surface area contributed by atoms with E-state index in [1.807, 2.05) is 0 Å². The van der Waals surface area contributed by atoms with Crippen LogP contribution in [0.2, 0.25) is 0 Å². The molecule has 0 spiro atoms. The van der Waals surface area contributed by atoms with E-state index in [-0.39, 0.29) is 16.5 Å². The summed E-state index contributed by atoms with van der Waals surface area (Å²) >= 11 is 0. The monoisotopic (exact) mass is 256 g/mol. The van der Waals surface area contributed by atoms with Gasteiger partial charge in [-0.1, -0.05) is 6.92 Å². The van der Waals surface area contributed by atoms with Crippen LogP contribution in [-0.4, -0.2) is 9.97 Å². The van der Waals surface area contributed by atoms with Crippen molar-refractivity contribution in [2.75, 3.05) is 0 Å². The zero-order valence-electron chi connectivity index (χ0n) is 9.85. The highest BCUT2D eigenvalue weighted by molar-refractivity contribution is 5.79. The number of H-pyrrole nitrogens is 1. The van der Waals surface area contributed by atoms with Gasteiger partial charge in [-0.05, 0) is 24.6 Å². The fourth-order valence-corrected chi connectivity index (χ4v) is 1.82. The van der Waals surface area contributed by atoms with Gasteiger partial charge < -0.3 is 4.98 Å². The fraction of sp³-hybridized carbons (Fsp3) is 0.333. The van der Waals surface area contributed by atoms with E-state index >= 15 is 0 Å². The van der Waals surface area contributed by atoms with Crippen LogP contribution in [0.3, 0.4) is 0 Å². The smallest absolute Gasteiger partial charge is 0.310 e. The first-order chi connectivity index (χ1) is 8.32. The first-order valence-corrected chi connectivity index (χ1v) is 5.43. The summed E-state index contributed by atoms with van der Waals surface area (Å²) in [7, 11) is 0. The van der Waals surface area contributed by atoms with Crippen LogP contribution in [-0.2, 0) is 12.6 Å². The lowest BCUT2D eigenvalue weighted by atomic mass is 10.1. The van der Waals surface area contributed by atoms with Crippen molar-refractivity contribution in [2.45, 2.75) is 26.4 Å². The van der Waals surface area contributed by atoms with Crippen molar-refractivity contribution >= 4 is 10.9 Å². The van der Waals surface area contributed by atoms with Crippen LogP contribution in [0.15, 0.2) is 16.9 Å². The molecule has 1 aromatic carbocycles. The highest BCUT2D eigenvalue weighted by Gasteiger charge is 2.32. The normalized spacial score (nSPS) is 12.1. The zero-order chi connectivity index (χ0) is 13.5. The number of hydrogen-bond donors (Lipinski definition) is 1. The minimum Gasteiger partial charge on any atom is -0.310 e. The maximum atomic E-state index is 12.7. The number of benzene rings is 1. The zero-order valence-corrected chi connectivity index (χ0v) is 9.85. The molecule has 0 amide bonds. The third kappa shape index (κ3) is 2.10. The van der Waals surface area contributed by atoms with Crippen LogP contribution in [0, 0.1) is 6.92 Å². The number of nitrogens with one attached hydrogen (secondary N) is 1. The second-order valence-corrected chi connectivity index (χ2v) is 4.05. The minimum absolute atomic E-state index is 0.0200. The third-order valence-corrected chi connectivity index (χ3v) is 2.74. The molecule has 1 aromatic heterocycles. The van der Waals surface area contributed by atoms with Gasteiger partial charge in [0.15, 0.2) is 0 Å². The molecule has 0 atom stereocenters. The summed E-state index contributed by atoms with van der Waals surface area (Å²) < 4.78 is 38.2. The van der Waals surface area contributed by atoms with E-state index in [9.17, 15) is 18.0 Å². The Bertz CT molecular complexity index is 659. The summed E-state index contributed by atoms with van der Waals surface area (Å²) in [5, 5.41) is 0.178. The second kappa shape index (κ2) is 4.12. The average molecular weight is 256 g/mol. The Morgan fingerprint density at radius 1 is 1.33 bits per heavy atom. The molecule has 96 valence electrons. The molecule has 0 saturated carbocycles. The topological polar surface area (TPSA) is 45.8 Å². The molecule has 1 N–H and O–H groups in total. The van der Waals surface area contributed by atoms with E-state index in [1.165, 1.54) is 13.0 Å². The number of aryl methyl sites for hydroxylation is 2. The third-order valence-electron chi connectivity index (χ3n) is 2.74. The Morgan fingerprint density at radius 3 is 2.56 bits per heavy atom. The van der Waals surface area contributed by atoms with Crippen molar-refractivity contribution in [1.29, 1.82) is 0 Å². The minimum atomic E-state index is -4.44. The van der Waals surface area contributed by atoms with Crippen molar-refractivity contribution in [3.05, 3.63) is 39.4 Å². The van der Waals surface area contributed by atoms with Gasteiger partial charge in [-0.15, -0.1) is 0 Å². The van der Waals surface area contributed by atoms with Gasteiger partial charge in [0.2, 0.25) is 0 Å². The molecule has 0 aliphatic heterocycles. The number of aromatic nitrogens is 2. The van der Waals surface area contributed by atoms with Gasteiger partial charge >= 0.3 is 6.18 Å². The molecular formula is C12H11F3N2O. The van der Waals surface area contributed by atoms with Crippen molar-refractivity contribution < 1.29 is 13.2 Å². The molecule has 0 saturated heterocycles. The fourth-order valence-electron chi connectivity index (χ4n) is 1.82. The number of hydrogen-bond acceptors (Lipinski definition) is 2.